The molecule has 3 rings (SSSR count). The van der Waals surface area contributed by atoms with Crippen LogP contribution in [0.4, 0.5) is 0 Å². The third kappa shape index (κ3) is 3.01. The summed E-state index contributed by atoms with van der Waals surface area (Å²) in [6.07, 6.45) is 2.74. The lowest BCUT2D eigenvalue weighted by atomic mass is 9.97. The fourth-order valence-electron chi connectivity index (χ4n) is 2.90. The van der Waals surface area contributed by atoms with Crippen LogP contribution in [0.2, 0.25) is 0 Å². The van der Waals surface area contributed by atoms with Gasteiger partial charge in [0, 0.05) is 11.6 Å². The predicted molar refractivity (Wildman–Crippen MR) is 87.5 cm³/mol. The monoisotopic (exact) mass is 279 g/mol. The zero-order chi connectivity index (χ0) is 14.7. The molecule has 0 aliphatic carbocycles. The maximum Gasteiger partial charge on any atom is 0.105 e. The molecule has 0 spiro atoms. The van der Waals surface area contributed by atoms with Crippen molar-refractivity contribution in [2.75, 3.05) is 6.54 Å². The highest BCUT2D eigenvalue weighted by atomic mass is 16.3. The average Bonchev–Trinajstić information content (AvgIpc) is 2.93. The van der Waals surface area contributed by atoms with Gasteiger partial charge in [0.15, 0.2) is 0 Å². The van der Waals surface area contributed by atoms with Gasteiger partial charge in [0.05, 0.1) is 6.26 Å². The van der Waals surface area contributed by atoms with Crippen molar-refractivity contribution in [3.05, 3.63) is 71.7 Å². The fraction of sp³-hybridized carbons (Fsp3) is 0.263. The highest BCUT2D eigenvalue weighted by molar-refractivity contribution is 5.83. The summed E-state index contributed by atoms with van der Waals surface area (Å²) in [6.45, 7) is 5.12. The second kappa shape index (κ2) is 6.15. The molecule has 1 N–H and O–H groups in total. The van der Waals surface area contributed by atoms with Crippen molar-refractivity contribution in [1.82, 2.24) is 5.32 Å². The molecule has 1 atom stereocenters. The van der Waals surface area contributed by atoms with Crippen LogP contribution in [0.25, 0.3) is 10.8 Å². The van der Waals surface area contributed by atoms with Crippen LogP contribution in [0.5, 0.6) is 0 Å². The first-order valence-corrected chi connectivity index (χ1v) is 7.53. The SMILES string of the molecule is CCNC(Cc1ccc2ccccc2c1)c1ccoc1C. The van der Waals surface area contributed by atoms with Gasteiger partial charge < -0.3 is 9.73 Å². The van der Waals surface area contributed by atoms with Gasteiger partial charge in [0.2, 0.25) is 0 Å². The Bertz CT molecular complexity index is 729. The van der Waals surface area contributed by atoms with E-state index in [2.05, 4.69) is 60.8 Å². The number of hydrogen-bond acceptors (Lipinski definition) is 2. The Morgan fingerprint density at radius 1 is 1.05 bits per heavy atom. The number of furan rings is 1. The lowest BCUT2D eigenvalue weighted by Crippen LogP contribution is -2.23. The number of fused-ring (bicyclic) bond motifs is 1. The van der Waals surface area contributed by atoms with E-state index < -0.39 is 0 Å². The maximum absolute atomic E-state index is 5.46. The Labute approximate surface area is 125 Å². The number of nitrogens with one attached hydrogen (secondary N) is 1. The average molecular weight is 279 g/mol. The van der Waals surface area contributed by atoms with Gasteiger partial charge in [-0.3, -0.25) is 0 Å². The molecule has 21 heavy (non-hydrogen) atoms. The zero-order valence-electron chi connectivity index (χ0n) is 12.6. The number of aryl methyl sites for hydroxylation is 1. The first kappa shape index (κ1) is 13.9. The molecule has 3 aromatic rings. The summed E-state index contributed by atoms with van der Waals surface area (Å²) in [5.74, 6) is 1.00. The van der Waals surface area contributed by atoms with Gasteiger partial charge in [0.25, 0.3) is 0 Å². The molecular formula is C19H21NO. The largest absolute Gasteiger partial charge is 0.469 e. The normalized spacial score (nSPS) is 12.7. The van der Waals surface area contributed by atoms with E-state index >= 15 is 0 Å². The van der Waals surface area contributed by atoms with Crippen molar-refractivity contribution in [3.8, 4) is 0 Å². The summed E-state index contributed by atoms with van der Waals surface area (Å²) < 4.78 is 5.46. The fourth-order valence-corrected chi connectivity index (χ4v) is 2.90. The Morgan fingerprint density at radius 2 is 1.86 bits per heavy atom. The topological polar surface area (TPSA) is 25.2 Å². The predicted octanol–water partition coefficient (Wildman–Crippen LogP) is 4.63. The highest BCUT2D eigenvalue weighted by Gasteiger charge is 2.15. The summed E-state index contributed by atoms with van der Waals surface area (Å²) in [4.78, 5) is 0. The third-order valence-electron chi connectivity index (χ3n) is 3.98. The summed E-state index contributed by atoms with van der Waals surface area (Å²) in [5, 5.41) is 6.15. The molecule has 1 unspecified atom stereocenters. The molecule has 1 aromatic heterocycles. The van der Waals surface area contributed by atoms with Gasteiger partial charge in [-0.25, -0.2) is 0 Å². The molecule has 0 bridgehead atoms. The van der Waals surface area contributed by atoms with Gasteiger partial charge in [-0.1, -0.05) is 49.4 Å². The molecule has 0 fully saturated rings. The molecule has 0 saturated carbocycles. The highest BCUT2D eigenvalue weighted by Crippen LogP contribution is 2.24. The minimum atomic E-state index is 0.301. The quantitative estimate of drug-likeness (QED) is 0.736. The third-order valence-corrected chi connectivity index (χ3v) is 3.98. The van der Waals surface area contributed by atoms with Crippen LogP contribution in [0, 0.1) is 6.92 Å². The molecule has 0 saturated heterocycles. The van der Waals surface area contributed by atoms with Crippen LogP contribution in [0.1, 0.15) is 29.9 Å². The first-order chi connectivity index (χ1) is 10.3. The van der Waals surface area contributed by atoms with Crippen LogP contribution in [0.15, 0.2) is 59.2 Å². The summed E-state index contributed by atoms with van der Waals surface area (Å²) >= 11 is 0. The van der Waals surface area contributed by atoms with E-state index in [1.165, 1.54) is 21.9 Å². The Balaban J connectivity index is 1.89. The zero-order valence-corrected chi connectivity index (χ0v) is 12.6. The minimum absolute atomic E-state index is 0.301. The standard InChI is InChI=1S/C19H21NO/c1-3-20-19(18-10-11-21-14(18)2)13-15-8-9-16-6-4-5-7-17(16)12-15/h4-12,19-20H,3,13H2,1-2H3. The Kier molecular flexibility index (Phi) is 4.07. The van der Waals surface area contributed by atoms with E-state index in [0.29, 0.717) is 6.04 Å². The Hall–Kier alpha value is -2.06. The van der Waals surface area contributed by atoms with Crippen molar-refractivity contribution >= 4 is 10.8 Å². The molecular weight excluding hydrogens is 258 g/mol. The number of benzene rings is 2. The number of likely N-dealkylation sites (N-methyl/N-ethyl adjacent to an activating group) is 1. The van der Waals surface area contributed by atoms with E-state index in [1.807, 2.05) is 6.92 Å². The molecule has 1 heterocycles. The lowest BCUT2D eigenvalue weighted by Gasteiger charge is -2.18. The van der Waals surface area contributed by atoms with Gasteiger partial charge in [0.1, 0.15) is 5.76 Å². The van der Waals surface area contributed by atoms with Crippen LogP contribution in [-0.4, -0.2) is 6.54 Å². The molecule has 2 nitrogen and oxygen atoms in total. The Morgan fingerprint density at radius 3 is 2.57 bits per heavy atom. The molecule has 2 heteroatoms. The molecule has 0 aliphatic rings. The van der Waals surface area contributed by atoms with Crippen molar-refractivity contribution in [2.24, 2.45) is 0 Å². The molecule has 108 valence electrons. The van der Waals surface area contributed by atoms with Crippen molar-refractivity contribution < 1.29 is 4.42 Å². The number of rotatable bonds is 5. The number of hydrogen-bond donors (Lipinski definition) is 1. The van der Waals surface area contributed by atoms with Gasteiger partial charge in [-0.05, 0) is 42.3 Å². The van der Waals surface area contributed by atoms with Crippen molar-refractivity contribution in [1.29, 1.82) is 0 Å². The van der Waals surface area contributed by atoms with Gasteiger partial charge in [-0.15, -0.1) is 0 Å². The smallest absolute Gasteiger partial charge is 0.105 e. The molecule has 0 amide bonds. The van der Waals surface area contributed by atoms with Crippen molar-refractivity contribution in [2.45, 2.75) is 26.3 Å². The van der Waals surface area contributed by atoms with E-state index in [-0.39, 0.29) is 0 Å². The van der Waals surface area contributed by atoms with E-state index in [1.54, 1.807) is 6.26 Å². The second-order valence-electron chi connectivity index (χ2n) is 5.43. The minimum Gasteiger partial charge on any atom is -0.469 e. The van der Waals surface area contributed by atoms with E-state index in [4.69, 9.17) is 4.42 Å². The summed E-state index contributed by atoms with van der Waals surface area (Å²) in [7, 11) is 0. The van der Waals surface area contributed by atoms with Gasteiger partial charge >= 0.3 is 0 Å². The van der Waals surface area contributed by atoms with Crippen LogP contribution in [-0.2, 0) is 6.42 Å². The van der Waals surface area contributed by atoms with E-state index in [9.17, 15) is 0 Å². The summed E-state index contributed by atoms with van der Waals surface area (Å²) in [5.41, 5.74) is 2.60. The van der Waals surface area contributed by atoms with Crippen LogP contribution >= 0.6 is 0 Å². The lowest BCUT2D eigenvalue weighted by molar-refractivity contribution is 0.502. The second-order valence-corrected chi connectivity index (χ2v) is 5.43. The van der Waals surface area contributed by atoms with Crippen LogP contribution in [0.3, 0.4) is 0 Å². The molecule has 0 aliphatic heterocycles. The van der Waals surface area contributed by atoms with E-state index in [0.717, 1.165) is 18.7 Å². The molecule has 2 aromatic carbocycles. The van der Waals surface area contributed by atoms with Crippen molar-refractivity contribution in [3.63, 3.8) is 0 Å². The van der Waals surface area contributed by atoms with Crippen LogP contribution < -0.4 is 5.32 Å². The summed E-state index contributed by atoms with van der Waals surface area (Å²) in [6, 6.07) is 17.6. The first-order valence-electron chi connectivity index (χ1n) is 7.53. The molecule has 0 radical (unpaired) electrons. The van der Waals surface area contributed by atoms with Gasteiger partial charge in [-0.2, -0.15) is 0 Å². The maximum atomic E-state index is 5.46.